The van der Waals surface area contributed by atoms with Gasteiger partial charge in [0.15, 0.2) is 0 Å². The van der Waals surface area contributed by atoms with Gasteiger partial charge < -0.3 is 16.5 Å². The van der Waals surface area contributed by atoms with Crippen LogP contribution in [-0.4, -0.2) is 33.4 Å². The van der Waals surface area contributed by atoms with Gasteiger partial charge in [-0.05, 0) is 37.6 Å². The largest absolute Gasteiger partial charge is 0.399 e. The number of nitrogens with two attached hydrogens (primary N) is 2. The van der Waals surface area contributed by atoms with Crippen molar-refractivity contribution in [3.05, 3.63) is 24.0 Å². The molecule has 1 aromatic carbocycles. The van der Waals surface area contributed by atoms with Gasteiger partial charge in [-0.1, -0.05) is 0 Å². The summed E-state index contributed by atoms with van der Waals surface area (Å²) in [5, 5.41) is 0. The van der Waals surface area contributed by atoms with Crippen molar-refractivity contribution in [1.29, 1.82) is 0 Å². The van der Waals surface area contributed by atoms with Gasteiger partial charge in [0.05, 0.1) is 23.6 Å². The van der Waals surface area contributed by atoms with E-state index in [0.717, 1.165) is 36.2 Å². The third-order valence-corrected chi connectivity index (χ3v) is 3.60. The van der Waals surface area contributed by atoms with Gasteiger partial charge in [-0.3, -0.25) is 9.69 Å². The van der Waals surface area contributed by atoms with Crippen LogP contribution in [0.5, 0.6) is 0 Å². The highest BCUT2D eigenvalue weighted by Crippen LogP contribution is 2.21. The molecule has 1 unspecified atom stereocenters. The Hall–Kier alpha value is -2.08. The van der Waals surface area contributed by atoms with Gasteiger partial charge in [-0.15, -0.1) is 0 Å². The van der Waals surface area contributed by atoms with E-state index < -0.39 is 0 Å². The van der Waals surface area contributed by atoms with Crippen molar-refractivity contribution in [3.63, 3.8) is 0 Å². The average Bonchev–Trinajstić information content (AvgIpc) is 2.95. The summed E-state index contributed by atoms with van der Waals surface area (Å²) in [6.07, 6.45) is 1.84. The fourth-order valence-corrected chi connectivity index (χ4v) is 2.68. The van der Waals surface area contributed by atoms with E-state index in [4.69, 9.17) is 11.5 Å². The molecule has 0 saturated carbocycles. The number of aromatic nitrogens is 2. The number of H-pyrrole nitrogens is 1. The SMILES string of the molecule is NC(=O)C1CCCN1Cc1nc2ccc(N)cc2[nH]1. The van der Waals surface area contributed by atoms with E-state index in [0.29, 0.717) is 12.2 Å². The Morgan fingerprint density at radius 3 is 3.16 bits per heavy atom. The summed E-state index contributed by atoms with van der Waals surface area (Å²) >= 11 is 0. The minimum absolute atomic E-state index is 0.168. The van der Waals surface area contributed by atoms with Gasteiger partial charge in [0.1, 0.15) is 5.82 Å². The van der Waals surface area contributed by atoms with E-state index in [1.807, 2.05) is 18.2 Å². The summed E-state index contributed by atoms with van der Waals surface area (Å²) in [5.41, 5.74) is 13.7. The molecule has 0 bridgehead atoms. The summed E-state index contributed by atoms with van der Waals surface area (Å²) < 4.78 is 0. The van der Waals surface area contributed by atoms with Crippen molar-refractivity contribution in [2.45, 2.75) is 25.4 Å². The Morgan fingerprint density at radius 2 is 2.37 bits per heavy atom. The molecule has 2 aromatic rings. The monoisotopic (exact) mass is 259 g/mol. The van der Waals surface area contributed by atoms with Gasteiger partial charge in [-0.25, -0.2) is 4.98 Å². The molecule has 0 aliphatic carbocycles. The van der Waals surface area contributed by atoms with Gasteiger partial charge in [0, 0.05) is 5.69 Å². The third kappa shape index (κ3) is 2.26. The molecular formula is C13H17N5O. The summed E-state index contributed by atoms with van der Waals surface area (Å²) in [7, 11) is 0. The highest BCUT2D eigenvalue weighted by atomic mass is 16.1. The van der Waals surface area contributed by atoms with Crippen LogP contribution in [0, 0.1) is 0 Å². The van der Waals surface area contributed by atoms with Gasteiger partial charge >= 0.3 is 0 Å². The molecular weight excluding hydrogens is 242 g/mol. The number of carbonyl (C=O) groups excluding carboxylic acids is 1. The van der Waals surface area contributed by atoms with Crippen LogP contribution in [0.2, 0.25) is 0 Å². The topological polar surface area (TPSA) is 101 Å². The number of carbonyl (C=O) groups is 1. The molecule has 3 rings (SSSR count). The zero-order valence-electron chi connectivity index (χ0n) is 10.6. The molecule has 0 radical (unpaired) electrons. The number of nitrogen functional groups attached to an aromatic ring is 1. The lowest BCUT2D eigenvalue weighted by Gasteiger charge is -2.20. The van der Waals surface area contributed by atoms with Crippen LogP contribution in [0.25, 0.3) is 11.0 Å². The number of nitrogens with zero attached hydrogens (tertiary/aromatic N) is 2. The van der Waals surface area contributed by atoms with Crippen LogP contribution in [-0.2, 0) is 11.3 Å². The fourth-order valence-electron chi connectivity index (χ4n) is 2.68. The second kappa shape index (κ2) is 4.55. The first kappa shape index (κ1) is 12.0. The Bertz CT molecular complexity index is 621. The van der Waals surface area contributed by atoms with Crippen LogP contribution >= 0.6 is 0 Å². The Balaban J connectivity index is 1.83. The van der Waals surface area contributed by atoms with E-state index >= 15 is 0 Å². The zero-order valence-corrected chi connectivity index (χ0v) is 10.6. The number of fused-ring (bicyclic) bond motifs is 1. The van der Waals surface area contributed by atoms with Crippen molar-refractivity contribution >= 4 is 22.6 Å². The molecule has 6 nitrogen and oxygen atoms in total. The van der Waals surface area contributed by atoms with Crippen LogP contribution < -0.4 is 11.5 Å². The quantitative estimate of drug-likeness (QED) is 0.702. The standard InChI is InChI=1S/C13H17N5O/c14-8-3-4-9-10(6-8)17-12(16-9)7-18-5-1-2-11(18)13(15)19/h3-4,6,11H,1-2,5,7,14H2,(H2,15,19)(H,16,17). The Morgan fingerprint density at radius 1 is 1.53 bits per heavy atom. The second-order valence-corrected chi connectivity index (χ2v) is 4.99. The van der Waals surface area contributed by atoms with Crippen LogP contribution in [0.15, 0.2) is 18.2 Å². The molecule has 1 fully saturated rings. The molecule has 1 aromatic heterocycles. The number of anilines is 1. The minimum Gasteiger partial charge on any atom is -0.399 e. The molecule has 6 heteroatoms. The number of likely N-dealkylation sites (tertiary alicyclic amines) is 1. The number of benzene rings is 1. The number of primary amides is 1. The molecule has 1 saturated heterocycles. The molecule has 1 aliphatic heterocycles. The zero-order chi connectivity index (χ0) is 13.4. The number of aromatic amines is 1. The molecule has 0 spiro atoms. The third-order valence-electron chi connectivity index (χ3n) is 3.60. The number of nitrogens with one attached hydrogen (secondary N) is 1. The number of hydrogen-bond donors (Lipinski definition) is 3. The van der Waals surface area contributed by atoms with E-state index in [1.54, 1.807) is 0 Å². The lowest BCUT2D eigenvalue weighted by atomic mass is 10.2. The van der Waals surface area contributed by atoms with Gasteiger partial charge in [0.25, 0.3) is 0 Å². The number of imidazole rings is 1. The lowest BCUT2D eigenvalue weighted by Crippen LogP contribution is -2.39. The predicted octanol–water partition coefficient (Wildman–Crippen LogP) is 0.595. The van der Waals surface area contributed by atoms with Crippen molar-refractivity contribution < 1.29 is 4.79 Å². The highest BCUT2D eigenvalue weighted by Gasteiger charge is 2.29. The van der Waals surface area contributed by atoms with E-state index in [1.165, 1.54) is 0 Å². The van der Waals surface area contributed by atoms with Crippen molar-refractivity contribution in [3.8, 4) is 0 Å². The number of rotatable bonds is 3. The smallest absolute Gasteiger partial charge is 0.234 e. The molecule has 1 amide bonds. The van der Waals surface area contributed by atoms with Crippen molar-refractivity contribution in [1.82, 2.24) is 14.9 Å². The van der Waals surface area contributed by atoms with Crippen molar-refractivity contribution in [2.24, 2.45) is 5.73 Å². The number of hydrogen-bond acceptors (Lipinski definition) is 4. The molecule has 2 heterocycles. The van der Waals surface area contributed by atoms with E-state index in [9.17, 15) is 4.79 Å². The number of amides is 1. The Kier molecular flexibility index (Phi) is 2.87. The average molecular weight is 259 g/mol. The maximum Gasteiger partial charge on any atom is 0.234 e. The van der Waals surface area contributed by atoms with Crippen LogP contribution in [0.1, 0.15) is 18.7 Å². The van der Waals surface area contributed by atoms with Crippen molar-refractivity contribution in [2.75, 3.05) is 12.3 Å². The maximum atomic E-state index is 11.4. The second-order valence-electron chi connectivity index (χ2n) is 4.99. The molecule has 5 N–H and O–H groups in total. The molecule has 100 valence electrons. The van der Waals surface area contributed by atoms with E-state index in [-0.39, 0.29) is 11.9 Å². The Labute approximate surface area is 110 Å². The van der Waals surface area contributed by atoms with E-state index in [2.05, 4.69) is 14.9 Å². The first-order valence-electron chi connectivity index (χ1n) is 6.41. The first-order valence-corrected chi connectivity index (χ1v) is 6.41. The molecule has 1 aliphatic rings. The van der Waals surface area contributed by atoms with Crippen LogP contribution in [0.4, 0.5) is 5.69 Å². The summed E-state index contributed by atoms with van der Waals surface area (Å²) in [4.78, 5) is 21.2. The van der Waals surface area contributed by atoms with Crippen LogP contribution in [0.3, 0.4) is 0 Å². The maximum absolute atomic E-state index is 11.4. The molecule has 1 atom stereocenters. The molecule has 19 heavy (non-hydrogen) atoms. The normalized spacial score (nSPS) is 20.1. The summed E-state index contributed by atoms with van der Waals surface area (Å²) in [6.45, 7) is 1.50. The lowest BCUT2D eigenvalue weighted by molar-refractivity contribution is -0.122. The van der Waals surface area contributed by atoms with Gasteiger partial charge in [-0.2, -0.15) is 0 Å². The first-order chi connectivity index (χ1) is 9.13. The summed E-state index contributed by atoms with van der Waals surface area (Å²) in [5.74, 6) is 0.589. The predicted molar refractivity (Wildman–Crippen MR) is 73.1 cm³/mol. The summed E-state index contributed by atoms with van der Waals surface area (Å²) in [6, 6.07) is 5.41. The minimum atomic E-state index is -0.252. The highest BCUT2D eigenvalue weighted by molar-refractivity contribution is 5.80. The fraction of sp³-hybridized carbons (Fsp3) is 0.385. The van der Waals surface area contributed by atoms with Gasteiger partial charge in [0.2, 0.25) is 5.91 Å².